The predicted molar refractivity (Wildman–Crippen MR) is 140 cm³/mol. The summed E-state index contributed by atoms with van der Waals surface area (Å²) in [5.74, 6) is 0.760. The Bertz CT molecular complexity index is 2110. The lowest BCUT2D eigenvalue weighted by molar-refractivity contribution is 0.363. The number of hydrogen-bond acceptors (Lipinski definition) is 8. The van der Waals surface area contributed by atoms with Crippen LogP contribution in [0.15, 0.2) is 56.8 Å². The second kappa shape index (κ2) is 8.17. The Morgan fingerprint density at radius 2 is 1.68 bits per heavy atom. The van der Waals surface area contributed by atoms with Gasteiger partial charge in [-0.15, -0.1) is 0 Å². The third kappa shape index (κ3) is 3.37. The highest BCUT2D eigenvalue weighted by Gasteiger charge is 2.19. The summed E-state index contributed by atoms with van der Waals surface area (Å²) in [5, 5.41) is 0. The van der Waals surface area contributed by atoms with Gasteiger partial charge in [0.25, 0.3) is 11.1 Å². The van der Waals surface area contributed by atoms with Gasteiger partial charge in [0.2, 0.25) is 0 Å². The van der Waals surface area contributed by atoms with Crippen LogP contribution in [0.25, 0.3) is 33.2 Å². The summed E-state index contributed by atoms with van der Waals surface area (Å²) in [6.07, 6.45) is 1.78. The second-order valence-corrected chi connectivity index (χ2v) is 9.49. The lowest BCUT2D eigenvalue weighted by Crippen LogP contribution is -2.37. The van der Waals surface area contributed by atoms with E-state index in [0.29, 0.717) is 21.0 Å². The standard InChI is InChI=1S/C25H20N6O5S/c1-28-19-20(29(2)25(34)30(3)22(19)33)27-23(28)36-16-10-9-13(11-17(16)35-4)12-18-21(32)31-15-8-6-5-7-14(15)26-24(31)37-18/h5-12H,1-4H3. The maximum atomic E-state index is 13.1. The molecular formula is C25H20N6O5S. The number of fused-ring (bicyclic) bond motifs is 4. The van der Waals surface area contributed by atoms with E-state index in [2.05, 4.69) is 9.97 Å². The molecule has 4 heterocycles. The van der Waals surface area contributed by atoms with E-state index >= 15 is 0 Å². The van der Waals surface area contributed by atoms with Gasteiger partial charge in [0.05, 0.1) is 22.7 Å². The first-order valence-electron chi connectivity index (χ1n) is 11.2. The Morgan fingerprint density at radius 3 is 2.46 bits per heavy atom. The van der Waals surface area contributed by atoms with Crippen LogP contribution in [0, 0.1) is 0 Å². The molecule has 0 saturated carbocycles. The van der Waals surface area contributed by atoms with E-state index in [4.69, 9.17) is 9.47 Å². The molecule has 37 heavy (non-hydrogen) atoms. The zero-order valence-electron chi connectivity index (χ0n) is 20.3. The average Bonchev–Trinajstić information content (AvgIpc) is 3.52. The number of ether oxygens (including phenoxy) is 2. The van der Waals surface area contributed by atoms with Crippen LogP contribution in [0.1, 0.15) is 5.56 Å². The highest BCUT2D eigenvalue weighted by Crippen LogP contribution is 2.32. The number of para-hydroxylation sites is 2. The molecule has 2 aromatic carbocycles. The van der Waals surface area contributed by atoms with E-state index in [9.17, 15) is 14.4 Å². The average molecular weight is 517 g/mol. The van der Waals surface area contributed by atoms with Crippen LogP contribution in [0.3, 0.4) is 0 Å². The van der Waals surface area contributed by atoms with Gasteiger partial charge in [0.15, 0.2) is 27.6 Å². The maximum Gasteiger partial charge on any atom is 0.332 e. The van der Waals surface area contributed by atoms with Crippen LogP contribution in [-0.4, -0.2) is 35.2 Å². The molecule has 6 rings (SSSR count). The van der Waals surface area contributed by atoms with E-state index in [-0.39, 0.29) is 22.7 Å². The number of imidazole rings is 2. The third-order valence-corrected chi connectivity index (χ3v) is 7.24. The Balaban J connectivity index is 1.41. The van der Waals surface area contributed by atoms with Crippen LogP contribution in [0.5, 0.6) is 17.5 Å². The molecule has 0 unspecified atom stereocenters. The van der Waals surface area contributed by atoms with Crippen molar-refractivity contribution in [3.8, 4) is 17.5 Å². The van der Waals surface area contributed by atoms with Crippen molar-refractivity contribution >= 4 is 44.6 Å². The van der Waals surface area contributed by atoms with Gasteiger partial charge in [-0.05, 0) is 35.9 Å². The molecular weight excluding hydrogens is 496 g/mol. The summed E-state index contributed by atoms with van der Waals surface area (Å²) < 4.78 is 17.5. The van der Waals surface area contributed by atoms with E-state index in [1.807, 2.05) is 24.3 Å². The van der Waals surface area contributed by atoms with Crippen LogP contribution in [0.4, 0.5) is 0 Å². The van der Waals surface area contributed by atoms with Gasteiger partial charge in [0, 0.05) is 21.1 Å². The molecule has 12 heteroatoms. The summed E-state index contributed by atoms with van der Waals surface area (Å²) in [4.78, 5) is 47.6. The number of aryl methyl sites for hydroxylation is 2. The summed E-state index contributed by atoms with van der Waals surface area (Å²) in [7, 11) is 6.10. The lowest BCUT2D eigenvalue weighted by Gasteiger charge is -2.10. The monoisotopic (exact) mass is 516 g/mol. The molecule has 0 aliphatic rings. The molecule has 0 atom stereocenters. The molecule has 0 radical (unpaired) electrons. The smallest absolute Gasteiger partial charge is 0.332 e. The van der Waals surface area contributed by atoms with Gasteiger partial charge < -0.3 is 9.47 Å². The number of hydrogen-bond donors (Lipinski definition) is 0. The number of benzene rings is 2. The first kappa shape index (κ1) is 22.7. The first-order chi connectivity index (χ1) is 17.8. The summed E-state index contributed by atoms with van der Waals surface area (Å²) in [6.45, 7) is 0. The molecule has 6 aromatic rings. The van der Waals surface area contributed by atoms with Gasteiger partial charge in [-0.1, -0.05) is 29.5 Å². The molecule has 0 bridgehead atoms. The fourth-order valence-corrected chi connectivity index (χ4v) is 5.30. The molecule has 0 saturated heterocycles. The van der Waals surface area contributed by atoms with E-state index in [0.717, 1.165) is 21.2 Å². The molecule has 0 spiro atoms. The zero-order valence-corrected chi connectivity index (χ0v) is 21.1. The van der Waals surface area contributed by atoms with E-state index in [1.54, 1.807) is 42.8 Å². The topological polar surface area (TPSA) is 115 Å². The molecule has 0 fully saturated rings. The van der Waals surface area contributed by atoms with Crippen molar-refractivity contribution in [1.29, 1.82) is 0 Å². The predicted octanol–water partition coefficient (Wildman–Crippen LogP) is 1.54. The van der Waals surface area contributed by atoms with Crippen molar-refractivity contribution in [1.82, 2.24) is 28.1 Å². The second-order valence-electron chi connectivity index (χ2n) is 8.48. The summed E-state index contributed by atoms with van der Waals surface area (Å²) in [6, 6.07) is 12.9. The van der Waals surface area contributed by atoms with Crippen molar-refractivity contribution in [2.75, 3.05) is 7.11 Å². The number of methoxy groups -OCH3 is 1. The molecule has 0 aliphatic heterocycles. The first-order valence-corrected chi connectivity index (χ1v) is 12.0. The Hall–Kier alpha value is -4.71. The van der Waals surface area contributed by atoms with Gasteiger partial charge in [-0.3, -0.25) is 23.3 Å². The molecule has 0 amide bonds. The van der Waals surface area contributed by atoms with Gasteiger partial charge in [0.1, 0.15) is 0 Å². The number of aromatic nitrogens is 6. The minimum absolute atomic E-state index is 0.122. The van der Waals surface area contributed by atoms with Crippen molar-refractivity contribution in [2.45, 2.75) is 0 Å². The van der Waals surface area contributed by atoms with Crippen LogP contribution < -0.4 is 30.8 Å². The summed E-state index contributed by atoms with van der Waals surface area (Å²) >= 11 is 1.31. The number of rotatable bonds is 4. The van der Waals surface area contributed by atoms with E-state index < -0.39 is 11.2 Å². The molecule has 11 nitrogen and oxygen atoms in total. The van der Waals surface area contributed by atoms with Crippen molar-refractivity contribution < 1.29 is 9.47 Å². The molecule has 0 N–H and O–H groups in total. The molecule has 186 valence electrons. The Morgan fingerprint density at radius 1 is 0.892 bits per heavy atom. The van der Waals surface area contributed by atoms with Crippen molar-refractivity contribution in [2.24, 2.45) is 21.1 Å². The number of thiazole rings is 1. The lowest BCUT2D eigenvalue weighted by atomic mass is 10.2. The van der Waals surface area contributed by atoms with Gasteiger partial charge in [-0.25, -0.2) is 14.2 Å². The van der Waals surface area contributed by atoms with Crippen LogP contribution in [0.2, 0.25) is 0 Å². The van der Waals surface area contributed by atoms with Crippen LogP contribution in [-0.2, 0) is 21.1 Å². The minimum Gasteiger partial charge on any atom is -0.493 e. The molecule has 0 aliphatic carbocycles. The SMILES string of the molecule is COc1cc(C=c2sc3nc4ccccc4n3c2=O)ccc1Oc1nc2c(c(=O)n(C)c(=O)n2C)n1C. The van der Waals surface area contributed by atoms with Crippen LogP contribution >= 0.6 is 11.3 Å². The summed E-state index contributed by atoms with van der Waals surface area (Å²) in [5.41, 5.74) is 1.65. The number of nitrogens with zero attached hydrogens (tertiary/aromatic N) is 6. The fourth-order valence-electron chi connectivity index (χ4n) is 4.31. The Kier molecular flexibility index (Phi) is 5.02. The quantitative estimate of drug-likeness (QED) is 0.349. The minimum atomic E-state index is -0.480. The van der Waals surface area contributed by atoms with E-state index in [1.165, 1.54) is 34.6 Å². The fraction of sp³-hybridized carbons (Fsp3) is 0.160. The largest absolute Gasteiger partial charge is 0.493 e. The highest BCUT2D eigenvalue weighted by atomic mass is 32.1. The van der Waals surface area contributed by atoms with Gasteiger partial charge >= 0.3 is 11.7 Å². The van der Waals surface area contributed by atoms with Crippen molar-refractivity contribution in [3.05, 3.63) is 83.8 Å². The van der Waals surface area contributed by atoms with Gasteiger partial charge in [-0.2, -0.15) is 4.98 Å². The Labute approximate surface area is 211 Å². The molecule has 4 aromatic heterocycles. The normalized spacial score (nSPS) is 12.3. The third-order valence-electron chi connectivity index (χ3n) is 6.27. The zero-order chi connectivity index (χ0) is 26.0. The van der Waals surface area contributed by atoms with Crippen molar-refractivity contribution in [3.63, 3.8) is 0 Å². The highest BCUT2D eigenvalue weighted by molar-refractivity contribution is 7.15. The maximum absolute atomic E-state index is 13.1.